The molecule has 0 radical (unpaired) electrons. The highest BCUT2D eigenvalue weighted by Crippen LogP contribution is 2.42. The Morgan fingerprint density at radius 1 is 1.07 bits per heavy atom. The van der Waals surface area contributed by atoms with Crippen LogP contribution in [0.3, 0.4) is 0 Å². The number of rotatable bonds is 9. The highest BCUT2D eigenvalue weighted by atomic mass is 16.5. The zero-order chi connectivity index (χ0) is 30.0. The van der Waals surface area contributed by atoms with Crippen LogP contribution in [0.5, 0.6) is 0 Å². The number of nitrogen functional groups attached to an aromatic ring is 1. The number of aromatic nitrogens is 4. The van der Waals surface area contributed by atoms with Crippen LogP contribution in [0.1, 0.15) is 54.6 Å². The number of carboxylic acids is 1. The molecule has 3 aromatic heterocycles. The predicted octanol–water partition coefficient (Wildman–Crippen LogP) is 4.07. The number of pyridine rings is 1. The van der Waals surface area contributed by atoms with Crippen LogP contribution in [0.4, 0.5) is 5.82 Å². The van der Waals surface area contributed by atoms with Crippen molar-refractivity contribution in [3.63, 3.8) is 0 Å². The lowest BCUT2D eigenvalue weighted by molar-refractivity contribution is -0.172. The number of morpholine rings is 1. The highest BCUT2D eigenvalue weighted by molar-refractivity contribution is 6.00. The van der Waals surface area contributed by atoms with Crippen LogP contribution in [0.2, 0.25) is 0 Å². The molecule has 1 saturated heterocycles. The van der Waals surface area contributed by atoms with E-state index in [-0.39, 0.29) is 17.5 Å². The van der Waals surface area contributed by atoms with Crippen LogP contribution >= 0.6 is 0 Å². The zero-order valence-electron chi connectivity index (χ0n) is 24.2. The van der Waals surface area contributed by atoms with Crippen molar-refractivity contribution in [1.29, 1.82) is 0 Å². The molecule has 1 aliphatic heterocycles. The van der Waals surface area contributed by atoms with Crippen LogP contribution in [0, 0.1) is 0 Å². The number of Topliss-reactive ketones (excluding diaryl/α,β-unsaturated/α-hetero) is 1. The van der Waals surface area contributed by atoms with Gasteiger partial charge in [0, 0.05) is 48.4 Å². The van der Waals surface area contributed by atoms with Gasteiger partial charge in [-0.2, -0.15) is 9.61 Å². The van der Waals surface area contributed by atoms with Crippen molar-refractivity contribution in [2.24, 2.45) is 0 Å². The van der Waals surface area contributed by atoms with E-state index in [9.17, 15) is 14.7 Å². The van der Waals surface area contributed by atoms with Crippen LogP contribution in [0.15, 0.2) is 54.9 Å². The third-order valence-electron chi connectivity index (χ3n) is 8.67. The van der Waals surface area contributed by atoms with Gasteiger partial charge in [-0.25, -0.2) is 9.78 Å². The lowest BCUT2D eigenvalue weighted by Crippen LogP contribution is -2.47. The van der Waals surface area contributed by atoms with Gasteiger partial charge in [-0.05, 0) is 38.7 Å². The monoisotopic (exact) mass is 584 g/mol. The van der Waals surface area contributed by atoms with Crippen molar-refractivity contribution < 1.29 is 24.2 Å². The van der Waals surface area contributed by atoms with Gasteiger partial charge in [0.15, 0.2) is 17.0 Å². The summed E-state index contributed by atoms with van der Waals surface area (Å²) in [5.74, 6) is -1.08. The molecule has 0 amide bonds. The van der Waals surface area contributed by atoms with Gasteiger partial charge in [-0.3, -0.25) is 14.7 Å². The Bertz CT molecular complexity index is 1610. The van der Waals surface area contributed by atoms with Crippen molar-refractivity contribution in [1.82, 2.24) is 24.5 Å². The number of ether oxygens (including phenoxy) is 2. The fraction of sp³-hybridized carbons (Fsp3) is 0.406. The lowest BCUT2D eigenvalue weighted by atomic mass is 9.76. The summed E-state index contributed by atoms with van der Waals surface area (Å²) in [7, 11) is 0. The molecule has 224 valence electrons. The molecular formula is C32H36N6O5. The molecule has 4 aromatic rings. The number of hydrogen-bond acceptors (Lipinski definition) is 9. The van der Waals surface area contributed by atoms with E-state index in [1.807, 2.05) is 42.5 Å². The van der Waals surface area contributed by atoms with Crippen molar-refractivity contribution in [2.75, 3.05) is 45.2 Å². The summed E-state index contributed by atoms with van der Waals surface area (Å²) in [5.41, 5.74) is 10.2. The van der Waals surface area contributed by atoms with Gasteiger partial charge in [-0.1, -0.05) is 36.4 Å². The van der Waals surface area contributed by atoms with Crippen molar-refractivity contribution in [2.45, 2.75) is 44.1 Å². The number of benzene rings is 1. The second kappa shape index (κ2) is 12.2. The summed E-state index contributed by atoms with van der Waals surface area (Å²) in [6.07, 6.45) is 5.11. The third kappa shape index (κ3) is 5.75. The number of carbonyl (C=O) groups excluding carboxylic acids is 1. The van der Waals surface area contributed by atoms with Gasteiger partial charge in [0.25, 0.3) is 0 Å². The molecule has 0 atom stereocenters. The second-order valence-corrected chi connectivity index (χ2v) is 11.3. The molecule has 0 bridgehead atoms. The van der Waals surface area contributed by atoms with Gasteiger partial charge in [-0.15, -0.1) is 0 Å². The SMILES string of the molecule is CC(=O)c1c(N)n2ncc(-c3ccc(-c4ccccc4)nc3)c2nc1[C@H]1CC[C@@](OCCN2CCOCC2)(C(=O)O)CC1. The minimum Gasteiger partial charge on any atom is -0.479 e. The smallest absolute Gasteiger partial charge is 0.335 e. The first kappa shape index (κ1) is 28.9. The van der Waals surface area contributed by atoms with Gasteiger partial charge in [0.1, 0.15) is 5.82 Å². The fourth-order valence-electron chi connectivity index (χ4n) is 6.20. The first-order chi connectivity index (χ1) is 20.9. The summed E-state index contributed by atoms with van der Waals surface area (Å²) in [5, 5.41) is 14.6. The molecule has 1 saturated carbocycles. The minimum atomic E-state index is -1.26. The third-order valence-corrected chi connectivity index (χ3v) is 8.67. The quantitative estimate of drug-likeness (QED) is 0.276. The Morgan fingerprint density at radius 2 is 1.81 bits per heavy atom. The van der Waals surface area contributed by atoms with Crippen LogP contribution in [-0.4, -0.2) is 86.4 Å². The predicted molar refractivity (Wildman–Crippen MR) is 161 cm³/mol. The summed E-state index contributed by atoms with van der Waals surface area (Å²) < 4.78 is 13.0. The van der Waals surface area contributed by atoms with Crippen LogP contribution in [-0.2, 0) is 14.3 Å². The van der Waals surface area contributed by atoms with E-state index >= 15 is 0 Å². The van der Waals surface area contributed by atoms with E-state index in [4.69, 9.17) is 20.2 Å². The maximum Gasteiger partial charge on any atom is 0.335 e. The molecule has 0 unspecified atom stereocenters. The standard InChI is InChI=1S/C32H36N6O5/c1-21(39)27-28(23-9-11-32(12-10-23,31(40)41)43-18-15-37-13-16-42-17-14-37)36-30-25(20-35-38(30)29(27)33)24-7-8-26(34-19-24)22-5-3-2-4-6-22/h2-8,19-20,23H,9-18,33H2,1H3,(H,40,41)/t23-,32-. The topological polar surface area (TPSA) is 145 Å². The number of aliphatic carboxylic acids is 1. The number of hydrogen-bond donors (Lipinski definition) is 2. The largest absolute Gasteiger partial charge is 0.479 e. The Labute approximate surface area is 249 Å². The van der Waals surface area contributed by atoms with E-state index in [0.29, 0.717) is 69.0 Å². The molecule has 1 aromatic carbocycles. The number of nitrogens with two attached hydrogens (primary N) is 1. The Hall–Kier alpha value is -4.19. The number of anilines is 1. The molecule has 11 heteroatoms. The van der Waals surface area contributed by atoms with E-state index in [1.165, 1.54) is 11.4 Å². The highest BCUT2D eigenvalue weighted by Gasteiger charge is 2.44. The van der Waals surface area contributed by atoms with Gasteiger partial charge in [0.05, 0.1) is 43.0 Å². The van der Waals surface area contributed by atoms with Crippen molar-refractivity contribution in [3.8, 4) is 22.4 Å². The normalized spacial score (nSPS) is 21.2. The molecule has 3 N–H and O–H groups in total. The number of fused-ring (bicyclic) bond motifs is 1. The van der Waals surface area contributed by atoms with E-state index < -0.39 is 11.6 Å². The van der Waals surface area contributed by atoms with Crippen molar-refractivity contribution >= 4 is 23.2 Å². The first-order valence-electron chi connectivity index (χ1n) is 14.7. The summed E-state index contributed by atoms with van der Waals surface area (Å²) >= 11 is 0. The summed E-state index contributed by atoms with van der Waals surface area (Å²) in [6, 6.07) is 13.8. The number of carbonyl (C=O) groups is 2. The Balaban J connectivity index is 1.26. The lowest BCUT2D eigenvalue weighted by Gasteiger charge is -2.37. The molecular weight excluding hydrogens is 548 g/mol. The fourth-order valence-corrected chi connectivity index (χ4v) is 6.20. The first-order valence-corrected chi connectivity index (χ1v) is 14.7. The molecule has 4 heterocycles. The van der Waals surface area contributed by atoms with E-state index in [0.717, 1.165) is 35.5 Å². The molecule has 2 fully saturated rings. The van der Waals surface area contributed by atoms with E-state index in [2.05, 4.69) is 15.0 Å². The Morgan fingerprint density at radius 3 is 2.47 bits per heavy atom. The van der Waals surface area contributed by atoms with Crippen LogP contribution < -0.4 is 5.73 Å². The second-order valence-electron chi connectivity index (χ2n) is 11.3. The Kier molecular flexibility index (Phi) is 8.20. The van der Waals surface area contributed by atoms with Gasteiger partial charge in [0.2, 0.25) is 0 Å². The van der Waals surface area contributed by atoms with Gasteiger partial charge >= 0.3 is 5.97 Å². The molecule has 0 spiro atoms. The van der Waals surface area contributed by atoms with Crippen molar-refractivity contribution in [3.05, 3.63) is 66.1 Å². The number of nitrogens with zero attached hydrogens (tertiary/aromatic N) is 5. The summed E-state index contributed by atoms with van der Waals surface area (Å²) in [4.78, 5) is 37.1. The molecule has 6 rings (SSSR count). The maximum atomic E-state index is 12.8. The molecule has 43 heavy (non-hydrogen) atoms. The molecule has 1 aliphatic carbocycles. The van der Waals surface area contributed by atoms with Gasteiger partial charge < -0.3 is 20.3 Å². The minimum absolute atomic E-state index is 0.150. The number of carboxylic acid groups (broad SMARTS) is 1. The maximum absolute atomic E-state index is 12.8. The van der Waals surface area contributed by atoms with Crippen LogP contribution in [0.25, 0.3) is 28.0 Å². The number of ketones is 1. The van der Waals surface area contributed by atoms with E-state index in [1.54, 1.807) is 12.4 Å². The molecule has 2 aliphatic rings. The zero-order valence-corrected chi connectivity index (χ0v) is 24.2. The average molecular weight is 585 g/mol. The summed E-state index contributed by atoms with van der Waals surface area (Å²) in [6.45, 7) is 5.47. The average Bonchev–Trinajstić information content (AvgIpc) is 3.46. The molecule has 11 nitrogen and oxygen atoms in total.